The molecule has 2 N–H and O–H groups in total. The van der Waals surface area contributed by atoms with E-state index in [4.69, 9.17) is 4.74 Å². The summed E-state index contributed by atoms with van der Waals surface area (Å²) in [5.41, 5.74) is 4.04. The van der Waals surface area contributed by atoms with Crippen molar-refractivity contribution in [3.05, 3.63) is 90.0 Å². The Balaban J connectivity index is 1.69. The molecule has 3 aromatic carbocycles. The lowest BCUT2D eigenvalue weighted by atomic mass is 10.0. The number of hydrogen-bond acceptors (Lipinski definition) is 4. The number of nitrogens with one attached hydrogen (secondary N) is 2. The fourth-order valence-electron chi connectivity index (χ4n) is 3.18. The van der Waals surface area contributed by atoms with Gasteiger partial charge in [-0.1, -0.05) is 54.6 Å². The van der Waals surface area contributed by atoms with Crippen molar-refractivity contribution in [3.63, 3.8) is 0 Å². The first-order valence-electron chi connectivity index (χ1n) is 9.87. The van der Waals surface area contributed by atoms with Crippen LogP contribution in [0, 0.1) is 0 Å². The minimum atomic E-state index is -0.824. The van der Waals surface area contributed by atoms with Gasteiger partial charge in [0.1, 0.15) is 6.04 Å². The van der Waals surface area contributed by atoms with Crippen LogP contribution in [0.4, 0.5) is 5.69 Å². The molecule has 0 spiro atoms. The first-order chi connectivity index (χ1) is 15.0. The van der Waals surface area contributed by atoms with Gasteiger partial charge in [-0.2, -0.15) is 0 Å². The zero-order valence-electron chi connectivity index (χ0n) is 17.4. The fraction of sp³-hybridized carbons (Fsp3) is 0.160. The summed E-state index contributed by atoms with van der Waals surface area (Å²) in [5.74, 6) is -1.11. The van der Waals surface area contributed by atoms with Crippen LogP contribution < -0.4 is 10.6 Å². The van der Waals surface area contributed by atoms with E-state index in [0.29, 0.717) is 17.7 Å². The van der Waals surface area contributed by atoms with Gasteiger partial charge in [0, 0.05) is 24.6 Å². The van der Waals surface area contributed by atoms with Gasteiger partial charge in [0.2, 0.25) is 5.91 Å². The quantitative estimate of drug-likeness (QED) is 0.574. The molecule has 0 heterocycles. The molecule has 0 saturated heterocycles. The van der Waals surface area contributed by atoms with Crippen molar-refractivity contribution in [2.45, 2.75) is 19.4 Å². The topological polar surface area (TPSA) is 84.5 Å². The van der Waals surface area contributed by atoms with Crippen molar-refractivity contribution in [2.24, 2.45) is 0 Å². The zero-order chi connectivity index (χ0) is 22.2. The maximum Gasteiger partial charge on any atom is 0.328 e. The van der Waals surface area contributed by atoms with Crippen molar-refractivity contribution in [3.8, 4) is 11.1 Å². The summed E-state index contributed by atoms with van der Waals surface area (Å²) >= 11 is 0. The number of rotatable bonds is 7. The van der Waals surface area contributed by atoms with E-state index in [-0.39, 0.29) is 5.91 Å². The zero-order valence-corrected chi connectivity index (χ0v) is 17.4. The van der Waals surface area contributed by atoms with Gasteiger partial charge in [-0.15, -0.1) is 0 Å². The minimum absolute atomic E-state index is 0.193. The molecule has 0 bridgehead atoms. The van der Waals surface area contributed by atoms with Gasteiger partial charge in [0.05, 0.1) is 7.11 Å². The number of amides is 2. The second-order valence-electron chi connectivity index (χ2n) is 7.07. The number of ether oxygens (including phenoxy) is 1. The molecule has 1 atom stereocenters. The lowest BCUT2D eigenvalue weighted by Gasteiger charge is -2.17. The van der Waals surface area contributed by atoms with Crippen LogP contribution in [-0.2, 0) is 20.7 Å². The Morgan fingerprint density at radius 3 is 2.03 bits per heavy atom. The van der Waals surface area contributed by atoms with Gasteiger partial charge in [0.15, 0.2) is 0 Å². The maximum absolute atomic E-state index is 12.6. The molecule has 158 valence electrons. The maximum atomic E-state index is 12.6. The third kappa shape index (κ3) is 6.02. The highest BCUT2D eigenvalue weighted by atomic mass is 16.5. The molecule has 2 amide bonds. The smallest absolute Gasteiger partial charge is 0.328 e. The van der Waals surface area contributed by atoms with Crippen LogP contribution in [0.25, 0.3) is 11.1 Å². The molecule has 0 aliphatic heterocycles. The largest absolute Gasteiger partial charge is 0.467 e. The average molecular weight is 416 g/mol. The Morgan fingerprint density at radius 1 is 0.839 bits per heavy atom. The van der Waals surface area contributed by atoms with E-state index in [9.17, 15) is 14.4 Å². The highest BCUT2D eigenvalue weighted by molar-refractivity contribution is 5.97. The van der Waals surface area contributed by atoms with E-state index in [1.165, 1.54) is 14.0 Å². The molecule has 0 aromatic heterocycles. The van der Waals surface area contributed by atoms with Crippen molar-refractivity contribution in [1.82, 2.24) is 5.32 Å². The van der Waals surface area contributed by atoms with Gasteiger partial charge in [-0.25, -0.2) is 4.79 Å². The van der Waals surface area contributed by atoms with Crippen molar-refractivity contribution >= 4 is 23.5 Å². The molecule has 0 radical (unpaired) electrons. The highest BCUT2D eigenvalue weighted by Crippen LogP contribution is 2.20. The summed E-state index contributed by atoms with van der Waals surface area (Å²) in [5, 5.41) is 5.38. The lowest BCUT2D eigenvalue weighted by Crippen LogP contribution is -2.43. The Kier molecular flexibility index (Phi) is 7.17. The van der Waals surface area contributed by atoms with Gasteiger partial charge in [-0.05, 0) is 41.0 Å². The minimum Gasteiger partial charge on any atom is -0.467 e. The molecular formula is C25H24N2O4. The first-order valence-corrected chi connectivity index (χ1v) is 9.87. The molecule has 6 nitrogen and oxygen atoms in total. The van der Waals surface area contributed by atoms with Crippen LogP contribution in [0.5, 0.6) is 0 Å². The number of methoxy groups -OCH3 is 1. The second-order valence-corrected chi connectivity index (χ2v) is 7.07. The van der Waals surface area contributed by atoms with E-state index >= 15 is 0 Å². The lowest BCUT2D eigenvalue weighted by molar-refractivity contribution is -0.142. The van der Waals surface area contributed by atoms with Crippen LogP contribution in [0.2, 0.25) is 0 Å². The number of carbonyl (C=O) groups excluding carboxylic acids is 3. The molecule has 0 aliphatic rings. The van der Waals surface area contributed by atoms with Crippen LogP contribution >= 0.6 is 0 Å². The van der Waals surface area contributed by atoms with Gasteiger partial charge in [-0.3, -0.25) is 9.59 Å². The molecule has 0 saturated carbocycles. The number of carbonyl (C=O) groups is 3. The summed E-state index contributed by atoms with van der Waals surface area (Å²) < 4.78 is 4.88. The molecule has 0 fully saturated rings. The summed E-state index contributed by atoms with van der Waals surface area (Å²) in [6.07, 6.45) is 0.303. The van der Waals surface area contributed by atoms with Gasteiger partial charge < -0.3 is 15.4 Å². The van der Waals surface area contributed by atoms with E-state index in [2.05, 4.69) is 10.6 Å². The molecular weight excluding hydrogens is 392 g/mol. The Morgan fingerprint density at radius 2 is 1.45 bits per heavy atom. The summed E-state index contributed by atoms with van der Waals surface area (Å²) in [4.78, 5) is 36.0. The molecule has 3 rings (SSSR count). The fourth-order valence-corrected chi connectivity index (χ4v) is 3.18. The van der Waals surface area contributed by atoms with Crippen LogP contribution in [-0.4, -0.2) is 30.9 Å². The Bertz CT molecular complexity index is 1050. The predicted octanol–water partition coefficient (Wildman–Crippen LogP) is 3.83. The third-order valence-electron chi connectivity index (χ3n) is 4.76. The standard InChI is InChI=1S/C25H24N2O4/c1-17(28)26-22-14-12-21(13-15-22)24(29)27-23(25(30)31-2)16-18-8-10-20(11-9-18)19-6-4-3-5-7-19/h3-15,23H,16H2,1-2H3,(H,26,28)(H,27,29)/t23-/m1/s1. The van der Waals surface area contributed by atoms with Crippen molar-refractivity contribution in [2.75, 3.05) is 12.4 Å². The summed E-state index contributed by atoms with van der Waals surface area (Å²) in [7, 11) is 1.29. The van der Waals surface area contributed by atoms with E-state index in [0.717, 1.165) is 16.7 Å². The van der Waals surface area contributed by atoms with Crippen molar-refractivity contribution < 1.29 is 19.1 Å². The second kappa shape index (κ2) is 10.2. The van der Waals surface area contributed by atoms with Gasteiger partial charge >= 0.3 is 5.97 Å². The molecule has 3 aromatic rings. The first kappa shape index (κ1) is 21.8. The van der Waals surface area contributed by atoms with E-state index in [1.807, 2.05) is 54.6 Å². The van der Waals surface area contributed by atoms with Crippen molar-refractivity contribution in [1.29, 1.82) is 0 Å². The normalized spacial score (nSPS) is 11.3. The number of benzene rings is 3. The van der Waals surface area contributed by atoms with Gasteiger partial charge in [0.25, 0.3) is 5.91 Å². The Labute approximate surface area is 181 Å². The van der Waals surface area contributed by atoms with E-state index < -0.39 is 17.9 Å². The third-order valence-corrected chi connectivity index (χ3v) is 4.76. The number of esters is 1. The summed E-state index contributed by atoms with van der Waals surface area (Å²) in [6.45, 7) is 1.41. The monoisotopic (exact) mass is 416 g/mol. The van der Waals surface area contributed by atoms with E-state index in [1.54, 1.807) is 24.3 Å². The molecule has 0 aliphatic carbocycles. The number of hydrogen-bond donors (Lipinski definition) is 2. The molecule has 31 heavy (non-hydrogen) atoms. The highest BCUT2D eigenvalue weighted by Gasteiger charge is 2.22. The molecule has 0 unspecified atom stereocenters. The average Bonchev–Trinajstić information content (AvgIpc) is 2.79. The predicted molar refractivity (Wildman–Crippen MR) is 120 cm³/mol. The van der Waals surface area contributed by atoms with Crippen LogP contribution in [0.15, 0.2) is 78.9 Å². The number of anilines is 1. The Hall–Kier alpha value is -3.93. The molecule has 6 heteroatoms. The SMILES string of the molecule is COC(=O)[C@@H](Cc1ccc(-c2ccccc2)cc1)NC(=O)c1ccc(NC(C)=O)cc1. The summed E-state index contributed by atoms with van der Waals surface area (Å²) in [6, 6.07) is 23.5. The van der Waals surface area contributed by atoms with Crippen LogP contribution in [0.1, 0.15) is 22.8 Å². The van der Waals surface area contributed by atoms with Crippen LogP contribution in [0.3, 0.4) is 0 Å².